The van der Waals surface area contributed by atoms with E-state index in [0.717, 1.165) is 25.9 Å². The summed E-state index contributed by atoms with van der Waals surface area (Å²) >= 11 is 0. The fraction of sp³-hybridized carbons (Fsp3) is 0.625. The predicted octanol–water partition coefficient (Wildman–Crippen LogP) is 2.60. The van der Waals surface area contributed by atoms with Gasteiger partial charge in [0.1, 0.15) is 17.7 Å². The van der Waals surface area contributed by atoms with Gasteiger partial charge >= 0.3 is 0 Å². The first kappa shape index (κ1) is 14.8. The third kappa shape index (κ3) is 3.20. The summed E-state index contributed by atoms with van der Waals surface area (Å²) in [4.78, 5) is 0. The molecule has 3 rings (SSSR count). The van der Waals surface area contributed by atoms with E-state index >= 15 is 0 Å². The molecular weight excluding hydrogens is 275 g/mol. The second-order valence-corrected chi connectivity index (χ2v) is 5.93. The number of benzene rings is 1. The van der Waals surface area contributed by atoms with Gasteiger partial charge < -0.3 is 19.3 Å². The highest BCUT2D eigenvalue weighted by atomic mass is 19.1. The molecule has 0 aromatic heterocycles. The van der Waals surface area contributed by atoms with Crippen LogP contribution in [0.2, 0.25) is 0 Å². The van der Waals surface area contributed by atoms with E-state index in [4.69, 9.17) is 14.2 Å². The zero-order valence-electron chi connectivity index (χ0n) is 12.2. The molecule has 0 aliphatic carbocycles. The van der Waals surface area contributed by atoms with E-state index in [1.54, 1.807) is 19.1 Å². The molecule has 1 aromatic rings. The van der Waals surface area contributed by atoms with Crippen molar-refractivity contribution >= 4 is 0 Å². The Labute approximate surface area is 123 Å². The van der Waals surface area contributed by atoms with Gasteiger partial charge in [-0.15, -0.1) is 0 Å². The summed E-state index contributed by atoms with van der Waals surface area (Å²) < 4.78 is 31.1. The first-order chi connectivity index (χ1) is 10.1. The van der Waals surface area contributed by atoms with Crippen molar-refractivity contribution in [3.8, 4) is 5.75 Å². The molecule has 116 valence electrons. The van der Waals surface area contributed by atoms with Crippen molar-refractivity contribution in [2.24, 2.45) is 0 Å². The van der Waals surface area contributed by atoms with Crippen molar-refractivity contribution in [2.45, 2.75) is 44.0 Å². The molecule has 2 aliphatic rings. The molecule has 2 heterocycles. The maximum absolute atomic E-state index is 13.9. The smallest absolute Gasteiger partial charge is 0.132 e. The Morgan fingerprint density at radius 1 is 1.43 bits per heavy atom. The van der Waals surface area contributed by atoms with Gasteiger partial charge in [0.15, 0.2) is 0 Å². The Kier molecular flexibility index (Phi) is 4.15. The molecule has 0 radical (unpaired) electrons. The molecule has 1 spiro atoms. The largest absolute Gasteiger partial charge is 0.490 e. The lowest BCUT2D eigenvalue weighted by Gasteiger charge is -2.37. The average molecular weight is 296 g/mol. The minimum absolute atomic E-state index is 0.0113. The first-order valence-electron chi connectivity index (χ1n) is 7.44. The topological polar surface area (TPSA) is 47.9 Å². The molecule has 4 nitrogen and oxygen atoms in total. The van der Waals surface area contributed by atoms with Crippen LogP contribution in [0.5, 0.6) is 5.75 Å². The maximum atomic E-state index is 13.9. The molecule has 1 N–H and O–H groups in total. The van der Waals surface area contributed by atoms with Crippen molar-refractivity contribution in [2.75, 3.05) is 19.8 Å². The normalized spacial score (nSPS) is 30.5. The van der Waals surface area contributed by atoms with Crippen LogP contribution in [0, 0.1) is 5.82 Å². The third-order valence-corrected chi connectivity index (χ3v) is 4.24. The molecule has 0 bridgehead atoms. The van der Waals surface area contributed by atoms with E-state index < -0.39 is 11.9 Å². The Balaban J connectivity index is 1.67. The lowest BCUT2D eigenvalue weighted by molar-refractivity contribution is -0.112. The predicted molar refractivity (Wildman–Crippen MR) is 74.8 cm³/mol. The number of aliphatic hydroxyl groups excluding tert-OH is 1. The molecule has 2 saturated heterocycles. The summed E-state index contributed by atoms with van der Waals surface area (Å²) in [7, 11) is 0. The number of aliphatic hydroxyl groups is 1. The van der Waals surface area contributed by atoms with Crippen LogP contribution in [0.3, 0.4) is 0 Å². The van der Waals surface area contributed by atoms with E-state index in [0.29, 0.717) is 19.0 Å². The summed E-state index contributed by atoms with van der Waals surface area (Å²) in [5, 5.41) is 9.44. The highest BCUT2D eigenvalue weighted by molar-refractivity contribution is 5.30. The number of rotatable bonds is 3. The zero-order valence-corrected chi connectivity index (χ0v) is 12.2. The molecule has 2 fully saturated rings. The van der Waals surface area contributed by atoms with Gasteiger partial charge in [-0.2, -0.15) is 0 Å². The van der Waals surface area contributed by atoms with Crippen molar-refractivity contribution in [3.05, 3.63) is 29.6 Å². The Morgan fingerprint density at radius 2 is 2.29 bits per heavy atom. The monoisotopic (exact) mass is 296 g/mol. The van der Waals surface area contributed by atoms with Gasteiger partial charge in [-0.25, -0.2) is 4.39 Å². The summed E-state index contributed by atoms with van der Waals surface area (Å²) in [6, 6.07) is 4.62. The van der Waals surface area contributed by atoms with E-state index in [-0.39, 0.29) is 17.3 Å². The highest BCUT2D eigenvalue weighted by Crippen LogP contribution is 2.34. The van der Waals surface area contributed by atoms with E-state index in [2.05, 4.69) is 0 Å². The van der Waals surface area contributed by atoms with Crippen LogP contribution in [0.1, 0.15) is 37.9 Å². The van der Waals surface area contributed by atoms with E-state index in [1.807, 2.05) is 0 Å². The van der Waals surface area contributed by atoms with Crippen molar-refractivity contribution in [1.29, 1.82) is 0 Å². The molecule has 1 aromatic carbocycles. The molecular formula is C16H21FO4. The standard InChI is InChI=1S/C16H21FO4/c1-11(18)14-3-2-12(8-15(14)17)21-13-4-6-20-16(9-13)5-7-19-10-16/h2-3,8,11,13,18H,4-7,9-10H2,1H3/t11-,13?,16?/m0/s1. The highest BCUT2D eigenvalue weighted by Gasteiger charge is 2.41. The zero-order chi connectivity index (χ0) is 14.9. The van der Waals surface area contributed by atoms with Gasteiger partial charge in [0, 0.05) is 37.5 Å². The van der Waals surface area contributed by atoms with Crippen LogP contribution in [0.15, 0.2) is 18.2 Å². The lowest BCUT2D eigenvalue weighted by Crippen LogP contribution is -2.44. The molecule has 21 heavy (non-hydrogen) atoms. The van der Waals surface area contributed by atoms with Gasteiger partial charge in [-0.3, -0.25) is 0 Å². The van der Waals surface area contributed by atoms with Crippen molar-refractivity contribution < 1.29 is 23.7 Å². The number of ether oxygens (including phenoxy) is 3. The van der Waals surface area contributed by atoms with Crippen LogP contribution in [-0.2, 0) is 9.47 Å². The number of hydrogen-bond donors (Lipinski definition) is 1. The summed E-state index contributed by atoms with van der Waals surface area (Å²) in [6.45, 7) is 3.52. The van der Waals surface area contributed by atoms with Crippen LogP contribution in [0.4, 0.5) is 4.39 Å². The van der Waals surface area contributed by atoms with Gasteiger partial charge in [0.05, 0.1) is 24.9 Å². The maximum Gasteiger partial charge on any atom is 0.132 e. The Morgan fingerprint density at radius 3 is 2.95 bits per heavy atom. The second-order valence-electron chi connectivity index (χ2n) is 5.93. The minimum atomic E-state index is -0.818. The Bertz CT molecular complexity index is 497. The van der Waals surface area contributed by atoms with Crippen LogP contribution in [-0.4, -0.2) is 36.6 Å². The van der Waals surface area contributed by atoms with Crippen LogP contribution < -0.4 is 4.74 Å². The third-order valence-electron chi connectivity index (χ3n) is 4.24. The van der Waals surface area contributed by atoms with Gasteiger partial charge in [-0.05, 0) is 19.1 Å². The molecule has 5 heteroatoms. The van der Waals surface area contributed by atoms with Crippen molar-refractivity contribution in [1.82, 2.24) is 0 Å². The molecule has 2 aliphatic heterocycles. The van der Waals surface area contributed by atoms with E-state index in [9.17, 15) is 9.50 Å². The fourth-order valence-corrected chi connectivity index (χ4v) is 3.06. The fourth-order valence-electron chi connectivity index (χ4n) is 3.06. The first-order valence-corrected chi connectivity index (χ1v) is 7.44. The number of halogens is 1. The summed E-state index contributed by atoms with van der Waals surface area (Å²) in [5.41, 5.74) is 0.0658. The van der Waals surface area contributed by atoms with Gasteiger partial charge in [0.2, 0.25) is 0 Å². The van der Waals surface area contributed by atoms with E-state index in [1.165, 1.54) is 6.07 Å². The Hall–Kier alpha value is -1.17. The molecule has 0 saturated carbocycles. The van der Waals surface area contributed by atoms with Gasteiger partial charge in [0.25, 0.3) is 0 Å². The van der Waals surface area contributed by atoms with Crippen LogP contribution >= 0.6 is 0 Å². The summed E-state index contributed by atoms with van der Waals surface area (Å²) in [5.74, 6) is 0.0614. The lowest BCUT2D eigenvalue weighted by atomic mass is 9.91. The molecule has 0 amide bonds. The second kappa shape index (κ2) is 5.91. The quantitative estimate of drug-likeness (QED) is 0.931. The minimum Gasteiger partial charge on any atom is -0.490 e. The number of hydrogen-bond acceptors (Lipinski definition) is 4. The molecule has 3 atom stereocenters. The average Bonchev–Trinajstić information content (AvgIpc) is 2.86. The van der Waals surface area contributed by atoms with Gasteiger partial charge in [-0.1, -0.05) is 0 Å². The van der Waals surface area contributed by atoms with Crippen LogP contribution in [0.25, 0.3) is 0 Å². The summed E-state index contributed by atoms with van der Waals surface area (Å²) in [6.07, 6.45) is 1.65. The molecule has 2 unspecified atom stereocenters. The SMILES string of the molecule is C[C@H](O)c1ccc(OC2CCOC3(CCOC3)C2)cc1F. The van der Waals surface area contributed by atoms with Crippen molar-refractivity contribution in [3.63, 3.8) is 0 Å².